The summed E-state index contributed by atoms with van der Waals surface area (Å²) in [5.41, 5.74) is 1.76. The van der Waals surface area contributed by atoms with Crippen molar-refractivity contribution in [3.05, 3.63) is 29.3 Å². The van der Waals surface area contributed by atoms with Crippen LogP contribution < -0.4 is 0 Å². The first kappa shape index (κ1) is 8.18. The van der Waals surface area contributed by atoms with Crippen LogP contribution in [0.3, 0.4) is 0 Å². The predicted molar refractivity (Wildman–Crippen MR) is 42.9 cm³/mol. The second-order valence-corrected chi connectivity index (χ2v) is 2.67. The van der Waals surface area contributed by atoms with Crippen LogP contribution in [0.15, 0.2) is 12.4 Å². The van der Waals surface area contributed by atoms with E-state index in [1.54, 1.807) is 6.20 Å². The van der Waals surface area contributed by atoms with Gasteiger partial charge in [-0.15, -0.1) is 0 Å². The summed E-state index contributed by atoms with van der Waals surface area (Å²) in [5.74, 6) is -0.174. The minimum atomic E-state index is -0.174. The Kier molecular flexibility index (Phi) is 2.58. The van der Waals surface area contributed by atoms with Gasteiger partial charge in [-0.1, -0.05) is 13.3 Å². The molecule has 60 valence electrons. The summed E-state index contributed by atoms with van der Waals surface area (Å²) in [6.45, 7) is 3.93. The van der Waals surface area contributed by atoms with E-state index in [1.807, 2.05) is 13.8 Å². The van der Waals surface area contributed by atoms with E-state index in [-0.39, 0.29) is 5.82 Å². The van der Waals surface area contributed by atoms with Crippen molar-refractivity contribution in [2.24, 2.45) is 0 Å². The molecule has 1 heterocycles. The number of pyridine rings is 1. The minimum Gasteiger partial charge on any atom is -0.261 e. The van der Waals surface area contributed by atoms with Crippen molar-refractivity contribution in [1.29, 1.82) is 0 Å². The first-order valence-corrected chi connectivity index (χ1v) is 3.84. The van der Waals surface area contributed by atoms with E-state index >= 15 is 0 Å². The van der Waals surface area contributed by atoms with Crippen LogP contribution >= 0.6 is 0 Å². The molecule has 0 bridgehead atoms. The topological polar surface area (TPSA) is 12.9 Å². The second-order valence-electron chi connectivity index (χ2n) is 2.67. The Morgan fingerprint density at radius 2 is 2.18 bits per heavy atom. The van der Waals surface area contributed by atoms with Crippen molar-refractivity contribution < 1.29 is 4.39 Å². The molecule has 0 N–H and O–H groups in total. The highest BCUT2D eigenvalue weighted by atomic mass is 19.1. The molecule has 0 aliphatic rings. The third-order valence-corrected chi connectivity index (χ3v) is 1.72. The Morgan fingerprint density at radius 1 is 1.45 bits per heavy atom. The van der Waals surface area contributed by atoms with Crippen molar-refractivity contribution in [2.75, 3.05) is 0 Å². The van der Waals surface area contributed by atoms with Crippen LogP contribution in [0.2, 0.25) is 0 Å². The Balaban J connectivity index is 3.00. The molecule has 1 nitrogen and oxygen atoms in total. The number of nitrogens with zero attached hydrogens (tertiary/aromatic N) is 1. The van der Waals surface area contributed by atoms with Crippen LogP contribution in [0, 0.1) is 12.7 Å². The molecule has 1 aromatic heterocycles. The van der Waals surface area contributed by atoms with Gasteiger partial charge < -0.3 is 0 Å². The van der Waals surface area contributed by atoms with E-state index in [0.717, 1.165) is 24.0 Å². The number of aromatic nitrogens is 1. The summed E-state index contributed by atoms with van der Waals surface area (Å²) in [6.07, 6.45) is 4.76. The van der Waals surface area contributed by atoms with Gasteiger partial charge in [0.25, 0.3) is 0 Å². The first-order valence-electron chi connectivity index (χ1n) is 3.84. The molecule has 0 fully saturated rings. The van der Waals surface area contributed by atoms with Crippen molar-refractivity contribution in [3.8, 4) is 0 Å². The quantitative estimate of drug-likeness (QED) is 0.636. The highest BCUT2D eigenvalue weighted by Gasteiger charge is 2.03. The number of aryl methyl sites for hydroxylation is 1. The molecule has 11 heavy (non-hydrogen) atoms. The first-order chi connectivity index (χ1) is 5.25. The fourth-order valence-corrected chi connectivity index (χ4v) is 1.13. The molecular weight excluding hydrogens is 141 g/mol. The van der Waals surface area contributed by atoms with Crippen LogP contribution in [0.4, 0.5) is 4.39 Å². The molecule has 0 unspecified atom stereocenters. The number of hydrogen-bond acceptors (Lipinski definition) is 1. The number of rotatable bonds is 2. The largest absolute Gasteiger partial charge is 0.261 e. The van der Waals surface area contributed by atoms with Crippen molar-refractivity contribution >= 4 is 0 Å². The van der Waals surface area contributed by atoms with E-state index in [1.165, 1.54) is 6.20 Å². The zero-order valence-electron chi connectivity index (χ0n) is 6.89. The maximum absolute atomic E-state index is 13.0. The van der Waals surface area contributed by atoms with Gasteiger partial charge in [0.05, 0.1) is 6.20 Å². The van der Waals surface area contributed by atoms with Gasteiger partial charge >= 0.3 is 0 Å². The fraction of sp³-hybridized carbons (Fsp3) is 0.444. The van der Waals surface area contributed by atoms with Crippen LogP contribution in [0.5, 0.6) is 0 Å². The lowest BCUT2D eigenvalue weighted by atomic mass is 10.1. The monoisotopic (exact) mass is 153 g/mol. The van der Waals surface area contributed by atoms with Gasteiger partial charge in [-0.05, 0) is 24.5 Å². The normalized spacial score (nSPS) is 10.1. The Morgan fingerprint density at radius 3 is 2.73 bits per heavy atom. The molecule has 0 radical (unpaired) electrons. The number of halogens is 1. The van der Waals surface area contributed by atoms with Gasteiger partial charge in [0, 0.05) is 6.20 Å². The summed E-state index contributed by atoms with van der Waals surface area (Å²) in [7, 11) is 0. The third-order valence-electron chi connectivity index (χ3n) is 1.72. The lowest BCUT2D eigenvalue weighted by Crippen LogP contribution is -1.94. The molecular formula is C9H12FN. The molecule has 2 heteroatoms. The van der Waals surface area contributed by atoms with Crippen LogP contribution in [-0.2, 0) is 6.42 Å². The van der Waals surface area contributed by atoms with Gasteiger partial charge in [0.1, 0.15) is 5.82 Å². The predicted octanol–water partition coefficient (Wildman–Crippen LogP) is 2.48. The molecule has 0 aliphatic carbocycles. The zero-order chi connectivity index (χ0) is 8.27. The van der Waals surface area contributed by atoms with E-state index in [4.69, 9.17) is 0 Å². The smallest absolute Gasteiger partial charge is 0.144 e. The summed E-state index contributed by atoms with van der Waals surface area (Å²) < 4.78 is 13.0. The van der Waals surface area contributed by atoms with Crippen LogP contribution in [0.1, 0.15) is 24.5 Å². The number of hydrogen-bond donors (Lipinski definition) is 0. The second kappa shape index (κ2) is 3.46. The fourth-order valence-electron chi connectivity index (χ4n) is 1.13. The standard InChI is InChI=1S/C9H12FN/c1-3-4-8-7(2)5-11-6-9(8)10/h5-6H,3-4H2,1-2H3. The third kappa shape index (κ3) is 1.76. The molecule has 0 saturated heterocycles. The lowest BCUT2D eigenvalue weighted by Gasteiger charge is -2.03. The molecule has 0 spiro atoms. The van der Waals surface area contributed by atoms with Crippen LogP contribution in [0.25, 0.3) is 0 Å². The molecule has 1 aromatic rings. The van der Waals surface area contributed by atoms with Gasteiger partial charge in [-0.3, -0.25) is 4.98 Å². The summed E-state index contributed by atoms with van der Waals surface area (Å²) in [4.78, 5) is 3.75. The highest BCUT2D eigenvalue weighted by molar-refractivity contribution is 5.23. The average molecular weight is 153 g/mol. The average Bonchev–Trinajstić information content (AvgIpc) is 1.97. The maximum Gasteiger partial charge on any atom is 0.144 e. The van der Waals surface area contributed by atoms with Crippen molar-refractivity contribution in [2.45, 2.75) is 26.7 Å². The summed E-state index contributed by atoms with van der Waals surface area (Å²) >= 11 is 0. The highest BCUT2D eigenvalue weighted by Crippen LogP contribution is 2.12. The lowest BCUT2D eigenvalue weighted by molar-refractivity contribution is 0.598. The zero-order valence-corrected chi connectivity index (χ0v) is 6.89. The Hall–Kier alpha value is -0.920. The van der Waals surface area contributed by atoms with E-state index in [2.05, 4.69) is 4.98 Å². The maximum atomic E-state index is 13.0. The van der Waals surface area contributed by atoms with Gasteiger partial charge in [-0.2, -0.15) is 0 Å². The van der Waals surface area contributed by atoms with Gasteiger partial charge in [-0.25, -0.2) is 4.39 Å². The molecule has 0 aromatic carbocycles. The minimum absolute atomic E-state index is 0.174. The van der Waals surface area contributed by atoms with E-state index in [9.17, 15) is 4.39 Å². The summed E-state index contributed by atoms with van der Waals surface area (Å²) in [5, 5.41) is 0. The molecule has 0 atom stereocenters. The van der Waals surface area contributed by atoms with Crippen LogP contribution in [-0.4, -0.2) is 4.98 Å². The van der Waals surface area contributed by atoms with Crippen molar-refractivity contribution in [1.82, 2.24) is 4.98 Å². The van der Waals surface area contributed by atoms with E-state index < -0.39 is 0 Å². The molecule has 0 aliphatic heterocycles. The Labute approximate surface area is 66.3 Å². The SMILES string of the molecule is CCCc1c(C)cncc1F. The van der Waals surface area contributed by atoms with Gasteiger partial charge in [0.15, 0.2) is 0 Å². The Bertz CT molecular complexity index is 225. The molecule has 1 rings (SSSR count). The van der Waals surface area contributed by atoms with Crippen molar-refractivity contribution in [3.63, 3.8) is 0 Å². The summed E-state index contributed by atoms with van der Waals surface area (Å²) in [6, 6.07) is 0. The van der Waals surface area contributed by atoms with Gasteiger partial charge in [0.2, 0.25) is 0 Å². The molecule has 0 amide bonds. The molecule has 0 saturated carbocycles. The van der Waals surface area contributed by atoms with E-state index in [0.29, 0.717) is 0 Å².